The van der Waals surface area contributed by atoms with Crippen molar-refractivity contribution in [2.24, 2.45) is 5.73 Å². The molecule has 0 rings (SSSR count). The predicted molar refractivity (Wildman–Crippen MR) is 192 cm³/mol. The predicted octanol–water partition coefficient (Wildman–Crippen LogP) is 9.63. The Morgan fingerprint density at radius 3 is 1.70 bits per heavy atom. The molecule has 0 aliphatic carbocycles. The monoisotopic (exact) mass is 665 g/mol. The topological polar surface area (TPSA) is 117 Å². The summed E-state index contributed by atoms with van der Waals surface area (Å²) in [5.41, 5.74) is 5.34. The number of unbranched alkanes of at least 4 members (excludes halogenated alkanes) is 7. The maximum atomic E-state index is 12.5. The molecule has 0 aliphatic heterocycles. The molecule has 0 fully saturated rings. The lowest BCUT2D eigenvalue weighted by Crippen LogP contribution is -2.28. The van der Waals surface area contributed by atoms with Crippen LogP contribution >= 0.6 is 7.82 Å². The molecule has 0 heterocycles. The van der Waals surface area contributed by atoms with Crippen LogP contribution in [0.2, 0.25) is 0 Å². The number of carbonyl (C=O) groups is 1. The number of hydrogen-bond donors (Lipinski definition) is 2. The summed E-state index contributed by atoms with van der Waals surface area (Å²) < 4.78 is 33.2. The molecule has 0 bridgehead atoms. The number of esters is 1. The van der Waals surface area contributed by atoms with Crippen molar-refractivity contribution in [2.45, 2.75) is 123 Å². The van der Waals surface area contributed by atoms with Crippen molar-refractivity contribution in [2.75, 3.05) is 33.0 Å². The Bertz CT molecular complexity index is 927. The minimum Gasteiger partial charge on any atom is -0.457 e. The molecule has 9 heteroatoms. The van der Waals surface area contributed by atoms with Gasteiger partial charge in [0.25, 0.3) is 0 Å². The highest BCUT2D eigenvalue weighted by Crippen LogP contribution is 2.43. The normalized spacial score (nSPS) is 14.6. The van der Waals surface area contributed by atoms with Crippen LogP contribution in [0.15, 0.2) is 72.9 Å². The molecule has 0 radical (unpaired) electrons. The standard InChI is InChI=1S/C37H64NO7P/c1-3-5-7-9-11-13-15-17-19-21-23-25-27-29-32-42-34-36(35-44-46(40,41)43-33-31-38)45-37(39)30-28-26-24-22-20-18-16-14-12-10-8-6-4-2/h5-8,11-14,17-20,36H,3-4,9-10,15-16,21-35,38H2,1-2H3,(H,40,41)/b7-5-,8-6-,13-11-,14-12-,19-17-,20-18-. The van der Waals surface area contributed by atoms with Crippen molar-refractivity contribution in [3.63, 3.8) is 0 Å². The second-order valence-corrected chi connectivity index (χ2v) is 12.4. The molecular weight excluding hydrogens is 601 g/mol. The molecule has 0 aromatic carbocycles. The van der Waals surface area contributed by atoms with Gasteiger partial charge in [0.1, 0.15) is 6.10 Å². The SMILES string of the molecule is CC/C=C\C/C=C\C/C=C\CCCCCCOCC(COP(=O)(O)OCCN)OC(=O)CCCCC/C=C\C/C=C\C/C=C\CC. The van der Waals surface area contributed by atoms with Crippen LogP contribution in [0.1, 0.15) is 117 Å². The molecule has 0 saturated carbocycles. The molecule has 2 atom stereocenters. The first kappa shape index (κ1) is 43.9. The summed E-state index contributed by atoms with van der Waals surface area (Å²) in [6.07, 6.45) is 40.6. The Morgan fingerprint density at radius 2 is 1.15 bits per heavy atom. The molecule has 0 saturated heterocycles. The van der Waals surface area contributed by atoms with E-state index in [1.807, 2.05) is 0 Å². The van der Waals surface area contributed by atoms with Gasteiger partial charge in [0.05, 0.1) is 19.8 Å². The van der Waals surface area contributed by atoms with Gasteiger partial charge in [-0.2, -0.15) is 0 Å². The molecule has 2 unspecified atom stereocenters. The van der Waals surface area contributed by atoms with Crippen LogP contribution < -0.4 is 5.73 Å². The lowest BCUT2D eigenvalue weighted by atomic mass is 10.1. The van der Waals surface area contributed by atoms with Gasteiger partial charge in [-0.1, -0.05) is 106 Å². The van der Waals surface area contributed by atoms with E-state index in [1.165, 1.54) is 0 Å². The quantitative estimate of drug-likeness (QED) is 0.0316. The number of ether oxygens (including phenoxy) is 2. The third-order valence-corrected chi connectivity index (χ3v) is 7.60. The summed E-state index contributed by atoms with van der Waals surface area (Å²) in [5, 5.41) is 0. The summed E-state index contributed by atoms with van der Waals surface area (Å²) in [7, 11) is -4.29. The molecule has 0 aromatic rings. The number of rotatable bonds is 32. The Labute approximate surface area is 280 Å². The molecule has 8 nitrogen and oxygen atoms in total. The number of carbonyl (C=O) groups excluding carboxylic acids is 1. The van der Waals surface area contributed by atoms with Crippen LogP contribution in [0.5, 0.6) is 0 Å². The van der Waals surface area contributed by atoms with Crippen LogP contribution in [-0.2, 0) is 27.9 Å². The first-order valence-electron chi connectivity index (χ1n) is 17.4. The largest absolute Gasteiger partial charge is 0.472 e. The third kappa shape index (κ3) is 33.3. The Kier molecular flexibility index (Phi) is 32.7. The van der Waals surface area contributed by atoms with Crippen LogP contribution in [0.25, 0.3) is 0 Å². The average Bonchev–Trinajstić information content (AvgIpc) is 3.04. The molecule has 0 aliphatic rings. The molecule has 0 amide bonds. The summed E-state index contributed by atoms with van der Waals surface area (Å²) in [4.78, 5) is 22.3. The number of hydrogen-bond acceptors (Lipinski definition) is 7. The Morgan fingerprint density at radius 1 is 0.652 bits per heavy atom. The molecule has 46 heavy (non-hydrogen) atoms. The van der Waals surface area contributed by atoms with E-state index < -0.39 is 13.9 Å². The van der Waals surface area contributed by atoms with Gasteiger partial charge in [0.15, 0.2) is 0 Å². The number of allylic oxidation sites excluding steroid dienone is 12. The van der Waals surface area contributed by atoms with E-state index in [1.54, 1.807) is 0 Å². The summed E-state index contributed by atoms with van der Waals surface area (Å²) in [6.45, 7) is 4.55. The highest BCUT2D eigenvalue weighted by molar-refractivity contribution is 7.47. The van der Waals surface area contributed by atoms with Gasteiger partial charge in [-0.3, -0.25) is 13.8 Å². The highest BCUT2D eigenvalue weighted by atomic mass is 31.2. The van der Waals surface area contributed by atoms with Crippen molar-refractivity contribution in [3.8, 4) is 0 Å². The van der Waals surface area contributed by atoms with Gasteiger partial charge in [-0.05, 0) is 77.0 Å². The molecule has 264 valence electrons. The first-order chi connectivity index (χ1) is 22.4. The van der Waals surface area contributed by atoms with Gasteiger partial charge >= 0.3 is 13.8 Å². The zero-order valence-electron chi connectivity index (χ0n) is 28.8. The van der Waals surface area contributed by atoms with Crippen molar-refractivity contribution in [3.05, 3.63) is 72.9 Å². The number of phosphoric ester groups is 1. The van der Waals surface area contributed by atoms with Gasteiger partial charge in [-0.25, -0.2) is 4.57 Å². The van der Waals surface area contributed by atoms with Crippen molar-refractivity contribution < 1.29 is 32.8 Å². The van der Waals surface area contributed by atoms with Gasteiger partial charge < -0.3 is 20.1 Å². The maximum Gasteiger partial charge on any atom is 0.472 e. The van der Waals surface area contributed by atoms with Crippen molar-refractivity contribution in [1.82, 2.24) is 0 Å². The Hall–Kier alpha value is -2.06. The minimum absolute atomic E-state index is 0.0846. The van der Waals surface area contributed by atoms with Crippen molar-refractivity contribution in [1.29, 1.82) is 0 Å². The van der Waals surface area contributed by atoms with Crippen LogP contribution in [0.3, 0.4) is 0 Å². The molecular formula is C37H64NO7P. The van der Waals surface area contributed by atoms with E-state index in [2.05, 4.69) is 86.8 Å². The van der Waals surface area contributed by atoms with E-state index in [0.29, 0.717) is 13.0 Å². The summed E-state index contributed by atoms with van der Waals surface area (Å²) >= 11 is 0. The van der Waals surface area contributed by atoms with Crippen LogP contribution in [0, 0.1) is 0 Å². The van der Waals surface area contributed by atoms with Crippen molar-refractivity contribution >= 4 is 13.8 Å². The molecule has 0 spiro atoms. The summed E-state index contributed by atoms with van der Waals surface area (Å²) in [6, 6.07) is 0. The lowest BCUT2D eigenvalue weighted by molar-refractivity contribution is -0.154. The molecule has 0 aromatic heterocycles. The van der Waals surface area contributed by atoms with Gasteiger partial charge in [0.2, 0.25) is 0 Å². The van der Waals surface area contributed by atoms with E-state index >= 15 is 0 Å². The first-order valence-corrected chi connectivity index (χ1v) is 18.9. The average molecular weight is 666 g/mol. The maximum absolute atomic E-state index is 12.5. The van der Waals surface area contributed by atoms with Crippen LogP contribution in [0.4, 0.5) is 0 Å². The fraction of sp³-hybridized carbons (Fsp3) is 0.649. The van der Waals surface area contributed by atoms with Gasteiger partial charge in [-0.15, -0.1) is 0 Å². The fourth-order valence-electron chi connectivity index (χ4n) is 4.14. The smallest absolute Gasteiger partial charge is 0.457 e. The third-order valence-electron chi connectivity index (χ3n) is 6.62. The number of nitrogens with two attached hydrogens (primary N) is 1. The Balaban J connectivity index is 4.25. The van der Waals surface area contributed by atoms with E-state index in [9.17, 15) is 14.3 Å². The van der Waals surface area contributed by atoms with Gasteiger partial charge in [0, 0.05) is 19.6 Å². The fourth-order valence-corrected chi connectivity index (χ4v) is 4.90. The highest BCUT2D eigenvalue weighted by Gasteiger charge is 2.25. The van der Waals surface area contributed by atoms with E-state index in [-0.39, 0.29) is 38.8 Å². The number of phosphoric acid groups is 1. The minimum atomic E-state index is -4.29. The zero-order chi connectivity index (χ0) is 33.8. The van der Waals surface area contributed by atoms with E-state index in [4.69, 9.17) is 24.3 Å². The summed E-state index contributed by atoms with van der Waals surface area (Å²) in [5.74, 6) is -0.373. The lowest BCUT2D eigenvalue weighted by Gasteiger charge is -2.20. The van der Waals surface area contributed by atoms with Crippen LogP contribution in [-0.4, -0.2) is 49.9 Å². The van der Waals surface area contributed by atoms with E-state index in [0.717, 1.165) is 89.9 Å². The zero-order valence-corrected chi connectivity index (χ0v) is 29.7. The second kappa shape index (κ2) is 34.3. The molecule has 3 N–H and O–H groups in total. The second-order valence-electron chi connectivity index (χ2n) is 11.0.